The van der Waals surface area contributed by atoms with Crippen LogP contribution in [0.1, 0.15) is 32.8 Å². The molecule has 6 nitrogen and oxygen atoms in total. The number of carboxylic acids is 1. The van der Waals surface area contributed by atoms with E-state index in [9.17, 15) is 23.9 Å². The average molecular weight is 338 g/mol. The van der Waals surface area contributed by atoms with E-state index < -0.39 is 29.8 Å². The van der Waals surface area contributed by atoms with Crippen LogP contribution in [0, 0.1) is 11.7 Å². The molecule has 0 aliphatic carbocycles. The van der Waals surface area contributed by atoms with Gasteiger partial charge >= 0.3 is 5.97 Å². The number of halogens is 1. The molecule has 0 fully saturated rings. The molecule has 0 unspecified atom stereocenters. The zero-order valence-electron chi connectivity index (χ0n) is 14.0. The summed E-state index contributed by atoms with van der Waals surface area (Å²) in [7, 11) is 0. The quantitative estimate of drug-likeness (QED) is 0.669. The van der Waals surface area contributed by atoms with Gasteiger partial charge in [0.25, 0.3) is 0 Å². The van der Waals surface area contributed by atoms with Crippen molar-refractivity contribution in [2.75, 3.05) is 0 Å². The summed E-state index contributed by atoms with van der Waals surface area (Å²) >= 11 is 0. The van der Waals surface area contributed by atoms with Crippen molar-refractivity contribution < 1.29 is 23.9 Å². The predicted octanol–water partition coefficient (Wildman–Crippen LogP) is 1.49. The number of carboxylic acid groups (broad SMARTS) is 1. The van der Waals surface area contributed by atoms with E-state index >= 15 is 0 Å². The highest BCUT2D eigenvalue weighted by atomic mass is 19.1. The summed E-state index contributed by atoms with van der Waals surface area (Å²) < 4.78 is 13.7. The third kappa shape index (κ3) is 6.36. The lowest BCUT2D eigenvalue weighted by Gasteiger charge is -2.22. The van der Waals surface area contributed by atoms with E-state index in [1.54, 1.807) is 6.07 Å². The molecule has 1 aromatic rings. The molecule has 24 heavy (non-hydrogen) atoms. The summed E-state index contributed by atoms with van der Waals surface area (Å²) in [4.78, 5) is 35.0. The Morgan fingerprint density at radius 2 is 1.75 bits per heavy atom. The van der Waals surface area contributed by atoms with Crippen LogP contribution in [0.2, 0.25) is 0 Å². The second kappa shape index (κ2) is 9.00. The predicted molar refractivity (Wildman–Crippen MR) is 86.7 cm³/mol. The Hall–Kier alpha value is -2.44. The lowest BCUT2D eigenvalue weighted by molar-refractivity contribution is -0.142. The second-order valence-corrected chi connectivity index (χ2v) is 6.08. The smallest absolute Gasteiger partial charge is 0.326 e. The molecule has 1 rings (SSSR count). The van der Waals surface area contributed by atoms with Crippen molar-refractivity contribution in [3.63, 3.8) is 0 Å². The summed E-state index contributed by atoms with van der Waals surface area (Å²) in [6, 6.07) is 3.69. The number of amides is 2. The summed E-state index contributed by atoms with van der Waals surface area (Å²) in [5.41, 5.74) is 0.199. The van der Waals surface area contributed by atoms with Crippen LogP contribution in [-0.2, 0) is 20.8 Å². The van der Waals surface area contributed by atoms with Gasteiger partial charge in [-0.15, -0.1) is 0 Å². The molecule has 0 spiro atoms. The van der Waals surface area contributed by atoms with Crippen molar-refractivity contribution in [2.45, 2.75) is 45.7 Å². The highest BCUT2D eigenvalue weighted by molar-refractivity contribution is 5.90. The van der Waals surface area contributed by atoms with E-state index in [0.29, 0.717) is 6.42 Å². The Bertz CT molecular complexity index is 604. The Morgan fingerprint density at radius 1 is 1.12 bits per heavy atom. The Balaban J connectivity index is 2.85. The van der Waals surface area contributed by atoms with Crippen molar-refractivity contribution in [2.24, 2.45) is 5.92 Å². The number of carbonyl (C=O) groups excluding carboxylic acids is 2. The minimum absolute atomic E-state index is 0.127. The van der Waals surface area contributed by atoms with Crippen molar-refractivity contribution in [3.05, 3.63) is 35.6 Å². The van der Waals surface area contributed by atoms with Gasteiger partial charge in [-0.2, -0.15) is 0 Å². The first-order chi connectivity index (χ1) is 11.2. The van der Waals surface area contributed by atoms with Gasteiger partial charge in [0.15, 0.2) is 0 Å². The number of hydrogen-bond donors (Lipinski definition) is 3. The van der Waals surface area contributed by atoms with Crippen LogP contribution in [0.4, 0.5) is 4.39 Å². The maximum absolute atomic E-state index is 13.7. The van der Waals surface area contributed by atoms with E-state index in [0.717, 1.165) is 0 Å². The molecule has 2 atom stereocenters. The van der Waals surface area contributed by atoms with Crippen LogP contribution >= 0.6 is 0 Å². The molecule has 0 radical (unpaired) electrons. The third-order valence-electron chi connectivity index (χ3n) is 3.40. The molecule has 0 aliphatic rings. The van der Waals surface area contributed by atoms with Gasteiger partial charge in [0.2, 0.25) is 11.8 Å². The standard InChI is InChI=1S/C17H23FN2O4/c1-10(2)8-14(19-11(3)21)16(22)20-15(17(23)24)9-12-6-4-5-7-13(12)18/h4-7,10,14-15H,8-9H2,1-3H3,(H,19,21)(H,20,22)(H,23,24)/t14-,15+/m0/s1. The first-order valence-electron chi connectivity index (χ1n) is 7.74. The highest BCUT2D eigenvalue weighted by Gasteiger charge is 2.27. The number of aliphatic carboxylic acids is 1. The normalized spacial score (nSPS) is 13.2. The summed E-state index contributed by atoms with van der Waals surface area (Å²) in [5.74, 6) is -2.64. The Labute approximate surface area is 140 Å². The van der Waals surface area contributed by atoms with Crippen LogP contribution in [0.3, 0.4) is 0 Å². The maximum atomic E-state index is 13.7. The average Bonchev–Trinajstić information content (AvgIpc) is 2.46. The summed E-state index contributed by atoms with van der Waals surface area (Å²) in [6.07, 6.45) is 0.194. The molecule has 0 saturated carbocycles. The molecule has 1 aromatic carbocycles. The van der Waals surface area contributed by atoms with Gasteiger partial charge < -0.3 is 15.7 Å². The van der Waals surface area contributed by atoms with Crippen molar-refractivity contribution >= 4 is 17.8 Å². The minimum Gasteiger partial charge on any atom is -0.480 e. The van der Waals surface area contributed by atoms with Gasteiger partial charge in [-0.1, -0.05) is 32.0 Å². The fourth-order valence-corrected chi connectivity index (χ4v) is 2.30. The maximum Gasteiger partial charge on any atom is 0.326 e. The Kier molecular flexibility index (Phi) is 7.35. The van der Waals surface area contributed by atoms with Crippen LogP contribution in [0.5, 0.6) is 0 Å². The van der Waals surface area contributed by atoms with Gasteiger partial charge in [-0.05, 0) is 24.0 Å². The van der Waals surface area contributed by atoms with Gasteiger partial charge in [0.1, 0.15) is 17.9 Å². The highest BCUT2D eigenvalue weighted by Crippen LogP contribution is 2.11. The number of rotatable bonds is 8. The lowest BCUT2D eigenvalue weighted by atomic mass is 10.0. The zero-order chi connectivity index (χ0) is 18.3. The first-order valence-corrected chi connectivity index (χ1v) is 7.74. The number of carbonyl (C=O) groups is 3. The number of hydrogen-bond acceptors (Lipinski definition) is 3. The fraction of sp³-hybridized carbons (Fsp3) is 0.471. The van der Waals surface area contributed by atoms with E-state index in [-0.39, 0.29) is 23.8 Å². The van der Waals surface area contributed by atoms with Crippen LogP contribution < -0.4 is 10.6 Å². The van der Waals surface area contributed by atoms with Gasteiger partial charge in [-0.3, -0.25) is 9.59 Å². The summed E-state index contributed by atoms with van der Waals surface area (Å²) in [6.45, 7) is 5.06. The Morgan fingerprint density at radius 3 is 2.25 bits per heavy atom. The molecule has 7 heteroatoms. The molecule has 0 bridgehead atoms. The molecule has 132 valence electrons. The van der Waals surface area contributed by atoms with E-state index in [2.05, 4.69) is 10.6 Å². The molecule has 0 heterocycles. The monoisotopic (exact) mass is 338 g/mol. The van der Waals surface area contributed by atoms with Gasteiger partial charge in [0, 0.05) is 13.3 Å². The molecule has 2 amide bonds. The first kappa shape index (κ1) is 19.6. The molecule has 3 N–H and O–H groups in total. The largest absolute Gasteiger partial charge is 0.480 e. The van der Waals surface area contributed by atoms with Crippen molar-refractivity contribution in [3.8, 4) is 0 Å². The van der Waals surface area contributed by atoms with Crippen molar-refractivity contribution in [1.82, 2.24) is 10.6 Å². The minimum atomic E-state index is -1.28. The molecular weight excluding hydrogens is 315 g/mol. The molecule has 0 aliphatic heterocycles. The number of benzene rings is 1. The van der Waals surface area contributed by atoms with Gasteiger partial charge in [-0.25, -0.2) is 9.18 Å². The van der Waals surface area contributed by atoms with Crippen LogP contribution in [0.25, 0.3) is 0 Å². The molecule has 0 saturated heterocycles. The third-order valence-corrected chi connectivity index (χ3v) is 3.40. The van der Waals surface area contributed by atoms with Crippen LogP contribution in [0.15, 0.2) is 24.3 Å². The molecular formula is C17H23FN2O4. The number of nitrogens with one attached hydrogen (secondary N) is 2. The topological polar surface area (TPSA) is 95.5 Å². The SMILES string of the molecule is CC(=O)N[C@@H](CC(C)C)C(=O)N[C@H](Cc1ccccc1F)C(=O)O. The van der Waals surface area contributed by atoms with E-state index in [4.69, 9.17) is 0 Å². The van der Waals surface area contributed by atoms with Gasteiger partial charge in [0.05, 0.1) is 0 Å². The zero-order valence-corrected chi connectivity index (χ0v) is 14.0. The van der Waals surface area contributed by atoms with Crippen molar-refractivity contribution in [1.29, 1.82) is 0 Å². The van der Waals surface area contributed by atoms with E-state index in [1.165, 1.54) is 25.1 Å². The lowest BCUT2D eigenvalue weighted by Crippen LogP contribution is -2.52. The second-order valence-electron chi connectivity index (χ2n) is 6.08. The van der Waals surface area contributed by atoms with Crippen LogP contribution in [-0.4, -0.2) is 35.0 Å². The van der Waals surface area contributed by atoms with E-state index in [1.807, 2.05) is 13.8 Å². The molecule has 0 aromatic heterocycles. The summed E-state index contributed by atoms with van der Waals surface area (Å²) in [5, 5.41) is 14.2. The fourth-order valence-electron chi connectivity index (χ4n) is 2.30.